The Labute approximate surface area is 124 Å². The summed E-state index contributed by atoms with van der Waals surface area (Å²) in [5.74, 6) is 0.000969. The van der Waals surface area contributed by atoms with Gasteiger partial charge in [0.05, 0.1) is 5.25 Å². The number of carbonyl (C=O) groups is 2. The van der Waals surface area contributed by atoms with Gasteiger partial charge in [-0.1, -0.05) is 30.3 Å². The Morgan fingerprint density at radius 3 is 2.75 bits per heavy atom. The van der Waals surface area contributed by atoms with E-state index in [2.05, 4.69) is 17.9 Å². The molecular weight excluding hydrogens is 272 g/mol. The molecule has 0 aliphatic carbocycles. The van der Waals surface area contributed by atoms with Crippen molar-refractivity contribution in [2.75, 3.05) is 13.1 Å². The smallest absolute Gasteiger partial charge is 0.235 e. The summed E-state index contributed by atoms with van der Waals surface area (Å²) in [5, 5.41) is 2.53. The number of benzene rings is 1. The van der Waals surface area contributed by atoms with E-state index in [9.17, 15) is 9.59 Å². The fourth-order valence-electron chi connectivity index (χ4n) is 2.50. The second-order valence-corrected chi connectivity index (χ2v) is 5.80. The van der Waals surface area contributed by atoms with Gasteiger partial charge in [0, 0.05) is 26.1 Å². The van der Waals surface area contributed by atoms with E-state index in [1.54, 1.807) is 4.90 Å². The minimum absolute atomic E-state index is 0.0454. The minimum atomic E-state index is -0.325. The third-order valence-electron chi connectivity index (χ3n) is 3.46. The van der Waals surface area contributed by atoms with Gasteiger partial charge in [0.25, 0.3) is 0 Å². The average Bonchev–Trinajstić information content (AvgIpc) is 2.86. The van der Waals surface area contributed by atoms with Crippen LogP contribution in [-0.2, 0) is 16.0 Å². The van der Waals surface area contributed by atoms with Crippen molar-refractivity contribution in [2.45, 2.75) is 31.1 Å². The summed E-state index contributed by atoms with van der Waals surface area (Å²) in [6.07, 6.45) is 1.45. The second kappa shape index (κ2) is 6.79. The second-order valence-electron chi connectivity index (χ2n) is 5.18. The number of nitrogens with one attached hydrogen (secondary N) is 1. The van der Waals surface area contributed by atoms with Crippen molar-refractivity contribution in [1.82, 2.24) is 10.2 Å². The molecule has 4 nitrogen and oxygen atoms in total. The lowest BCUT2D eigenvalue weighted by molar-refractivity contribution is -0.129. The molecular formula is C15H20N2O2S. The molecule has 2 unspecified atom stereocenters. The highest BCUT2D eigenvalue weighted by Gasteiger charge is 2.29. The summed E-state index contributed by atoms with van der Waals surface area (Å²) in [7, 11) is 0. The number of hydrogen-bond donors (Lipinski definition) is 2. The minimum Gasteiger partial charge on any atom is -0.352 e. The maximum absolute atomic E-state index is 12.3. The van der Waals surface area contributed by atoms with Crippen LogP contribution >= 0.6 is 12.6 Å². The lowest BCUT2D eigenvalue weighted by Crippen LogP contribution is -2.40. The monoisotopic (exact) mass is 292 g/mol. The van der Waals surface area contributed by atoms with Crippen LogP contribution in [0.3, 0.4) is 0 Å². The lowest BCUT2D eigenvalue weighted by Gasteiger charge is -2.20. The lowest BCUT2D eigenvalue weighted by atomic mass is 10.1. The molecule has 20 heavy (non-hydrogen) atoms. The molecule has 2 amide bonds. The van der Waals surface area contributed by atoms with Gasteiger partial charge in [0.1, 0.15) is 0 Å². The zero-order chi connectivity index (χ0) is 14.5. The first-order valence-corrected chi connectivity index (χ1v) is 7.36. The van der Waals surface area contributed by atoms with Crippen LogP contribution in [0.15, 0.2) is 30.3 Å². The van der Waals surface area contributed by atoms with Crippen molar-refractivity contribution < 1.29 is 9.59 Å². The van der Waals surface area contributed by atoms with Gasteiger partial charge in [-0.3, -0.25) is 9.59 Å². The van der Waals surface area contributed by atoms with E-state index < -0.39 is 0 Å². The fourth-order valence-corrected chi connectivity index (χ4v) is 2.88. The highest BCUT2D eigenvalue weighted by atomic mass is 32.1. The Kier molecular flexibility index (Phi) is 5.06. The third-order valence-corrected chi connectivity index (χ3v) is 3.87. The summed E-state index contributed by atoms with van der Waals surface area (Å²) in [6.45, 7) is 2.78. The first-order chi connectivity index (χ1) is 9.56. The van der Waals surface area contributed by atoms with Crippen molar-refractivity contribution in [3.8, 4) is 0 Å². The van der Waals surface area contributed by atoms with Crippen LogP contribution in [0.1, 0.15) is 18.9 Å². The van der Waals surface area contributed by atoms with Crippen LogP contribution in [0.2, 0.25) is 0 Å². The quantitative estimate of drug-likeness (QED) is 0.821. The summed E-state index contributed by atoms with van der Waals surface area (Å²) in [5.41, 5.74) is 1.11. The molecule has 0 spiro atoms. The van der Waals surface area contributed by atoms with E-state index in [-0.39, 0.29) is 23.1 Å². The van der Waals surface area contributed by atoms with Crippen LogP contribution in [0.4, 0.5) is 0 Å². The number of hydrogen-bond acceptors (Lipinski definition) is 3. The standard InChI is InChI=1S/C15H20N2O2S/c1-11(18)16-13-7-8-17(10-13)15(19)14(20)9-12-5-3-2-4-6-12/h2-6,13-14,20H,7-10H2,1H3,(H,16,18). The van der Waals surface area contributed by atoms with E-state index in [0.717, 1.165) is 12.0 Å². The number of nitrogens with zero attached hydrogens (tertiary/aromatic N) is 1. The van der Waals surface area contributed by atoms with Gasteiger partial charge in [-0.05, 0) is 18.4 Å². The van der Waals surface area contributed by atoms with E-state index in [1.807, 2.05) is 30.3 Å². The summed E-state index contributed by atoms with van der Waals surface area (Å²) < 4.78 is 0. The first-order valence-electron chi connectivity index (χ1n) is 6.84. The molecule has 1 N–H and O–H groups in total. The Bertz CT molecular complexity index is 478. The maximum atomic E-state index is 12.3. The Balaban J connectivity index is 1.87. The molecule has 1 aliphatic heterocycles. The number of rotatable bonds is 4. The van der Waals surface area contributed by atoms with Crippen LogP contribution in [-0.4, -0.2) is 41.1 Å². The van der Waals surface area contributed by atoms with Crippen molar-refractivity contribution in [2.24, 2.45) is 0 Å². The van der Waals surface area contributed by atoms with E-state index in [1.165, 1.54) is 6.92 Å². The van der Waals surface area contributed by atoms with Gasteiger partial charge in [-0.25, -0.2) is 0 Å². The van der Waals surface area contributed by atoms with Crippen LogP contribution in [0.25, 0.3) is 0 Å². The van der Waals surface area contributed by atoms with Gasteiger partial charge in [-0.2, -0.15) is 12.6 Å². The number of likely N-dealkylation sites (tertiary alicyclic amines) is 1. The molecule has 1 aromatic rings. The van der Waals surface area contributed by atoms with E-state index >= 15 is 0 Å². The molecule has 0 bridgehead atoms. The molecule has 0 saturated carbocycles. The van der Waals surface area contributed by atoms with Crippen LogP contribution < -0.4 is 5.32 Å². The van der Waals surface area contributed by atoms with Crippen LogP contribution in [0.5, 0.6) is 0 Å². The predicted octanol–water partition coefficient (Wildman–Crippen LogP) is 1.26. The van der Waals surface area contributed by atoms with Gasteiger partial charge in [0.2, 0.25) is 11.8 Å². The molecule has 0 radical (unpaired) electrons. The highest BCUT2D eigenvalue weighted by Crippen LogP contribution is 2.15. The van der Waals surface area contributed by atoms with Crippen LogP contribution in [0, 0.1) is 0 Å². The molecule has 5 heteroatoms. The molecule has 1 aromatic carbocycles. The van der Waals surface area contributed by atoms with Crippen molar-refractivity contribution in [3.63, 3.8) is 0 Å². The molecule has 1 saturated heterocycles. The fraction of sp³-hybridized carbons (Fsp3) is 0.467. The van der Waals surface area contributed by atoms with Crippen molar-refractivity contribution in [1.29, 1.82) is 0 Å². The van der Waals surface area contributed by atoms with Gasteiger partial charge >= 0.3 is 0 Å². The molecule has 0 aromatic heterocycles. The zero-order valence-corrected chi connectivity index (χ0v) is 12.5. The Morgan fingerprint density at radius 2 is 2.10 bits per heavy atom. The third kappa shape index (κ3) is 4.00. The zero-order valence-electron chi connectivity index (χ0n) is 11.6. The van der Waals surface area contributed by atoms with Gasteiger partial charge in [0.15, 0.2) is 0 Å². The van der Waals surface area contributed by atoms with Crippen molar-refractivity contribution >= 4 is 24.4 Å². The number of thiol groups is 1. The molecule has 1 fully saturated rings. The Morgan fingerprint density at radius 1 is 1.40 bits per heavy atom. The maximum Gasteiger partial charge on any atom is 0.235 e. The highest BCUT2D eigenvalue weighted by molar-refractivity contribution is 7.81. The summed E-state index contributed by atoms with van der Waals surface area (Å²) in [6, 6.07) is 9.96. The summed E-state index contributed by atoms with van der Waals surface area (Å²) >= 11 is 4.43. The predicted molar refractivity (Wildman–Crippen MR) is 81.7 cm³/mol. The topological polar surface area (TPSA) is 49.4 Å². The van der Waals surface area contributed by atoms with E-state index in [0.29, 0.717) is 19.5 Å². The molecule has 1 aliphatic rings. The largest absolute Gasteiger partial charge is 0.352 e. The average molecular weight is 292 g/mol. The van der Waals surface area contributed by atoms with Crippen molar-refractivity contribution in [3.05, 3.63) is 35.9 Å². The summed E-state index contributed by atoms with van der Waals surface area (Å²) in [4.78, 5) is 25.1. The molecule has 2 atom stereocenters. The number of amides is 2. The normalized spacial score (nSPS) is 19.7. The first kappa shape index (κ1) is 14.9. The number of carbonyl (C=O) groups excluding carboxylic acids is 2. The molecule has 1 heterocycles. The van der Waals surface area contributed by atoms with E-state index in [4.69, 9.17) is 0 Å². The molecule has 2 rings (SSSR count). The van der Waals surface area contributed by atoms with Gasteiger partial charge in [-0.15, -0.1) is 0 Å². The Hall–Kier alpha value is -1.49. The SMILES string of the molecule is CC(=O)NC1CCN(C(=O)C(S)Cc2ccccc2)C1. The molecule has 108 valence electrons. The van der Waals surface area contributed by atoms with Gasteiger partial charge < -0.3 is 10.2 Å².